The molecular weight excluding hydrogens is 555 g/mol. The fourth-order valence-corrected chi connectivity index (χ4v) is 5.43. The second-order valence-electron chi connectivity index (χ2n) is 9.60. The van der Waals surface area contributed by atoms with Crippen molar-refractivity contribution >= 4 is 39.1 Å². The second-order valence-corrected chi connectivity index (χ2v) is 10.6. The van der Waals surface area contributed by atoms with E-state index in [0.29, 0.717) is 28.4 Å². The van der Waals surface area contributed by atoms with Crippen LogP contribution in [0.5, 0.6) is 5.75 Å². The first-order valence-corrected chi connectivity index (χ1v) is 13.2. The Morgan fingerprint density at radius 2 is 1.66 bits per heavy atom. The maximum absolute atomic E-state index is 13.7. The Morgan fingerprint density at radius 3 is 2.29 bits per heavy atom. The summed E-state index contributed by atoms with van der Waals surface area (Å²) in [7, 11) is 0. The van der Waals surface area contributed by atoms with Crippen molar-refractivity contribution in [3.8, 4) is 16.9 Å². The van der Waals surface area contributed by atoms with Gasteiger partial charge in [-0.25, -0.2) is 4.98 Å². The van der Waals surface area contributed by atoms with Gasteiger partial charge >= 0.3 is 6.18 Å². The minimum absolute atomic E-state index is 0.0382. The molecule has 3 aromatic heterocycles. The van der Waals surface area contributed by atoms with Crippen molar-refractivity contribution in [1.29, 1.82) is 0 Å². The third-order valence-corrected chi connectivity index (χ3v) is 7.34. The number of carbonyl (C=O) groups is 2. The van der Waals surface area contributed by atoms with Gasteiger partial charge in [0.05, 0.1) is 5.69 Å². The Hall–Kier alpha value is -4.64. The molecule has 0 spiro atoms. The summed E-state index contributed by atoms with van der Waals surface area (Å²) >= 11 is 0.674. The van der Waals surface area contributed by atoms with Gasteiger partial charge in [0.2, 0.25) is 0 Å². The normalized spacial score (nSPS) is 11.6. The molecule has 11 heteroatoms. The molecule has 5 rings (SSSR count). The first-order valence-electron chi connectivity index (χ1n) is 12.4. The summed E-state index contributed by atoms with van der Waals surface area (Å²) in [4.78, 5) is 29.1. The molecule has 0 aliphatic carbocycles. The fraction of sp³-hybridized carbons (Fsp3) is 0.167. The van der Waals surface area contributed by atoms with Crippen molar-refractivity contribution in [2.45, 2.75) is 33.6 Å². The molecule has 3 N–H and O–H groups in total. The minimum Gasteiger partial charge on any atom is -0.486 e. The quantitative estimate of drug-likeness (QED) is 0.209. The summed E-state index contributed by atoms with van der Waals surface area (Å²) < 4.78 is 52.7. The van der Waals surface area contributed by atoms with Gasteiger partial charge in [-0.2, -0.15) is 13.2 Å². The van der Waals surface area contributed by atoms with Crippen LogP contribution in [0.1, 0.15) is 48.4 Å². The Bertz CT molecular complexity index is 1770. The number of aromatic nitrogens is 1. The van der Waals surface area contributed by atoms with E-state index in [0.717, 1.165) is 22.8 Å². The van der Waals surface area contributed by atoms with Crippen LogP contribution in [-0.4, -0.2) is 16.8 Å². The van der Waals surface area contributed by atoms with E-state index < -0.39 is 23.7 Å². The number of ether oxygens (including phenoxy) is 1. The van der Waals surface area contributed by atoms with Crippen molar-refractivity contribution in [1.82, 2.24) is 4.98 Å². The van der Waals surface area contributed by atoms with Crippen LogP contribution in [0.25, 0.3) is 21.3 Å². The molecule has 0 aliphatic rings. The van der Waals surface area contributed by atoms with E-state index in [1.165, 1.54) is 6.07 Å². The number of thiophene rings is 1. The number of carbonyl (C=O) groups excluding carboxylic acids is 2. The van der Waals surface area contributed by atoms with Gasteiger partial charge in [0, 0.05) is 5.39 Å². The van der Waals surface area contributed by atoms with Crippen molar-refractivity contribution < 1.29 is 31.9 Å². The van der Waals surface area contributed by atoms with E-state index in [2.05, 4.69) is 10.3 Å². The van der Waals surface area contributed by atoms with Crippen LogP contribution in [-0.2, 0) is 12.8 Å². The third kappa shape index (κ3) is 5.94. The van der Waals surface area contributed by atoms with Gasteiger partial charge in [-0.1, -0.05) is 35.9 Å². The molecule has 0 saturated heterocycles. The lowest BCUT2D eigenvalue weighted by Crippen LogP contribution is -2.16. The topological polar surface area (TPSA) is 107 Å². The van der Waals surface area contributed by atoms with Crippen LogP contribution in [0.2, 0.25) is 0 Å². The van der Waals surface area contributed by atoms with Gasteiger partial charge in [0.25, 0.3) is 11.8 Å². The first-order chi connectivity index (χ1) is 19.4. The van der Waals surface area contributed by atoms with Crippen LogP contribution < -0.4 is 15.8 Å². The summed E-state index contributed by atoms with van der Waals surface area (Å²) in [5.74, 6) is -0.713. The van der Waals surface area contributed by atoms with Crippen LogP contribution in [0.3, 0.4) is 0 Å². The molecule has 0 unspecified atom stereocenters. The Morgan fingerprint density at radius 1 is 0.976 bits per heavy atom. The highest BCUT2D eigenvalue weighted by Crippen LogP contribution is 2.43. The average Bonchev–Trinajstić information content (AvgIpc) is 3.52. The standard InChI is InChI=1S/C30H24F3N3O4S/c1-15-4-6-18(7-5-15)21-13-23(30(31,32)33)35-29-24(21)25(26(41-29)27(34)37)36-28(38)22-9-8-19(40-22)14-39-20-11-16(2)10-17(3)12-20/h4-13H,14H2,1-3H3,(H2,34,37)(H,36,38). The zero-order valence-electron chi connectivity index (χ0n) is 22.2. The lowest BCUT2D eigenvalue weighted by atomic mass is 10.00. The van der Waals surface area contributed by atoms with Gasteiger partial charge in [-0.15, -0.1) is 11.3 Å². The van der Waals surface area contributed by atoms with Gasteiger partial charge < -0.3 is 20.2 Å². The van der Waals surface area contributed by atoms with Gasteiger partial charge in [-0.05, 0) is 73.4 Å². The first kappa shape index (κ1) is 27.9. The molecule has 210 valence electrons. The van der Waals surface area contributed by atoms with Crippen LogP contribution in [0, 0.1) is 20.8 Å². The van der Waals surface area contributed by atoms with E-state index in [4.69, 9.17) is 14.9 Å². The zero-order chi connectivity index (χ0) is 29.5. The number of nitrogens with two attached hydrogens (primary N) is 1. The molecule has 3 heterocycles. The van der Waals surface area contributed by atoms with Gasteiger partial charge in [0.1, 0.15) is 33.5 Å². The second kappa shape index (κ2) is 10.7. The predicted molar refractivity (Wildman–Crippen MR) is 150 cm³/mol. The number of furan rings is 1. The molecule has 0 aliphatic heterocycles. The lowest BCUT2D eigenvalue weighted by Gasteiger charge is -2.12. The molecule has 2 aromatic carbocycles. The molecule has 41 heavy (non-hydrogen) atoms. The number of halogens is 3. The van der Waals surface area contributed by atoms with E-state index in [9.17, 15) is 22.8 Å². The Kier molecular flexibility index (Phi) is 7.31. The van der Waals surface area contributed by atoms with Crippen LogP contribution in [0.4, 0.5) is 18.9 Å². The number of amides is 2. The number of anilines is 1. The van der Waals surface area contributed by atoms with Gasteiger partial charge in [-0.3, -0.25) is 9.59 Å². The van der Waals surface area contributed by atoms with E-state index in [1.54, 1.807) is 30.3 Å². The number of hydrogen-bond acceptors (Lipinski definition) is 6. The lowest BCUT2D eigenvalue weighted by molar-refractivity contribution is -0.140. The summed E-state index contributed by atoms with van der Waals surface area (Å²) in [6, 6.07) is 16.5. The predicted octanol–water partition coefficient (Wildman–Crippen LogP) is 7.43. The number of pyridine rings is 1. The summed E-state index contributed by atoms with van der Waals surface area (Å²) in [6.07, 6.45) is -4.74. The molecule has 0 radical (unpaired) electrons. The summed E-state index contributed by atoms with van der Waals surface area (Å²) in [5, 5.41) is 2.79. The number of nitrogens with one attached hydrogen (secondary N) is 1. The number of hydrogen-bond donors (Lipinski definition) is 2. The molecule has 0 saturated carbocycles. The van der Waals surface area contributed by atoms with Crippen LogP contribution >= 0.6 is 11.3 Å². The van der Waals surface area contributed by atoms with E-state index in [1.807, 2.05) is 39.0 Å². The van der Waals surface area contributed by atoms with Crippen molar-refractivity contribution in [3.63, 3.8) is 0 Å². The average molecular weight is 580 g/mol. The molecule has 7 nitrogen and oxygen atoms in total. The minimum atomic E-state index is -4.74. The number of benzene rings is 2. The number of rotatable bonds is 7. The highest BCUT2D eigenvalue weighted by Gasteiger charge is 2.35. The number of alkyl halides is 3. The fourth-order valence-electron chi connectivity index (χ4n) is 4.42. The number of fused-ring (bicyclic) bond motifs is 1. The molecule has 0 atom stereocenters. The van der Waals surface area contributed by atoms with E-state index in [-0.39, 0.29) is 38.7 Å². The van der Waals surface area contributed by atoms with Gasteiger partial charge in [0.15, 0.2) is 5.76 Å². The van der Waals surface area contributed by atoms with Crippen molar-refractivity contribution in [3.05, 3.63) is 99.4 Å². The molecule has 2 amide bonds. The number of nitrogens with zero attached hydrogens (tertiary/aromatic N) is 1. The Balaban J connectivity index is 1.51. The maximum Gasteiger partial charge on any atom is 0.433 e. The summed E-state index contributed by atoms with van der Waals surface area (Å²) in [5.41, 5.74) is 7.97. The number of primary amides is 1. The van der Waals surface area contributed by atoms with Crippen molar-refractivity contribution in [2.24, 2.45) is 5.73 Å². The smallest absolute Gasteiger partial charge is 0.433 e. The van der Waals surface area contributed by atoms with Crippen molar-refractivity contribution in [2.75, 3.05) is 5.32 Å². The summed E-state index contributed by atoms with van der Waals surface area (Å²) in [6.45, 7) is 5.81. The van der Waals surface area contributed by atoms with Crippen LogP contribution in [0.15, 0.2) is 65.1 Å². The monoisotopic (exact) mass is 579 g/mol. The van der Waals surface area contributed by atoms with E-state index >= 15 is 0 Å². The Labute approximate surface area is 236 Å². The maximum atomic E-state index is 13.7. The molecule has 5 aromatic rings. The molecule has 0 fully saturated rings. The molecular formula is C30H24F3N3O4S. The SMILES string of the molecule is Cc1ccc(-c2cc(C(F)(F)F)nc3sc(C(N)=O)c(NC(=O)c4ccc(COc5cc(C)cc(C)c5)o4)c23)cc1. The largest absolute Gasteiger partial charge is 0.486 e. The zero-order valence-corrected chi connectivity index (χ0v) is 23.0. The highest BCUT2D eigenvalue weighted by atomic mass is 32.1. The number of aryl methyl sites for hydroxylation is 3. The third-order valence-electron chi connectivity index (χ3n) is 6.24. The molecule has 0 bridgehead atoms. The highest BCUT2D eigenvalue weighted by molar-refractivity contribution is 7.21.